The molecule has 0 radical (unpaired) electrons. The van der Waals surface area contributed by atoms with Crippen LogP contribution in [0.3, 0.4) is 0 Å². The Balaban J connectivity index is 1.32. The number of carbonyl (C=O) groups is 4. The number of imide groups is 1. The van der Waals surface area contributed by atoms with Gasteiger partial charge in [0.05, 0.1) is 37.2 Å². The van der Waals surface area contributed by atoms with Gasteiger partial charge in [-0.2, -0.15) is 0 Å². The third-order valence-electron chi connectivity index (χ3n) is 11.8. The van der Waals surface area contributed by atoms with Crippen LogP contribution in [0.2, 0.25) is 0 Å². The predicted octanol–water partition coefficient (Wildman–Crippen LogP) is 4.66. The number of rotatable bonds is 8. The molecule has 11 heteroatoms. The van der Waals surface area contributed by atoms with E-state index in [0.29, 0.717) is 22.3 Å². The maximum absolute atomic E-state index is 15.2. The van der Waals surface area contributed by atoms with Gasteiger partial charge in [0.2, 0.25) is 17.6 Å². The average molecular weight is 736 g/mol. The Morgan fingerprint density at radius 2 is 1.49 bits per heavy atom. The van der Waals surface area contributed by atoms with Crippen molar-refractivity contribution in [2.75, 3.05) is 19.1 Å². The first-order chi connectivity index (χ1) is 26.6. The second-order valence-electron chi connectivity index (χ2n) is 14.4. The largest absolute Gasteiger partial charge is 0.502 e. The number of phenolic OH excluding ortho intramolecular Hbond substituents is 1. The minimum absolute atomic E-state index is 0.135. The zero-order chi connectivity index (χ0) is 38.6. The third-order valence-corrected chi connectivity index (χ3v) is 11.8. The van der Waals surface area contributed by atoms with Gasteiger partial charge < -0.3 is 24.6 Å². The lowest BCUT2D eigenvalue weighted by molar-refractivity contribution is -0.135. The first-order valence-corrected chi connectivity index (χ1v) is 18.2. The van der Waals surface area contributed by atoms with E-state index in [4.69, 9.17) is 9.47 Å². The van der Waals surface area contributed by atoms with Crippen molar-refractivity contribution < 1.29 is 43.8 Å². The van der Waals surface area contributed by atoms with Gasteiger partial charge in [-0.25, -0.2) is 0 Å². The Morgan fingerprint density at radius 3 is 2.15 bits per heavy atom. The second-order valence-corrected chi connectivity index (χ2v) is 14.4. The number of hydrogen-bond donors (Lipinski definition) is 3. The molecule has 0 unspecified atom stereocenters. The van der Waals surface area contributed by atoms with Gasteiger partial charge in [0, 0.05) is 17.4 Å². The smallest absolute Gasteiger partial charge is 0.488 e. The Labute approximate surface area is 318 Å². The lowest BCUT2D eigenvalue weighted by atomic mass is 9.45. The van der Waals surface area contributed by atoms with Crippen LogP contribution in [0.1, 0.15) is 29.5 Å². The van der Waals surface area contributed by atoms with Crippen LogP contribution in [-0.2, 0) is 24.6 Å². The molecule has 1 aliphatic heterocycles. The summed E-state index contributed by atoms with van der Waals surface area (Å²) < 4.78 is 10.8. The fraction of sp³-hybridized carbons (Fsp3) is 0.227. The molecule has 55 heavy (non-hydrogen) atoms. The molecule has 0 aromatic heterocycles. The van der Waals surface area contributed by atoms with E-state index < -0.39 is 53.9 Å². The van der Waals surface area contributed by atoms with Gasteiger partial charge in [-0.15, -0.1) is 0 Å². The molecule has 2 fully saturated rings. The molecule has 6 atom stereocenters. The molecule has 276 valence electrons. The molecule has 4 aliphatic rings. The number of aromatic hydroxyl groups is 1. The fourth-order valence-electron chi connectivity index (χ4n) is 9.42. The van der Waals surface area contributed by atoms with E-state index in [0.717, 1.165) is 10.5 Å². The number of Topliss-reactive ketones (excluding diaryl/α,β-unsaturated/α-hetero) is 1. The molecule has 0 spiro atoms. The number of nitrogens with zero attached hydrogens (tertiary/aromatic N) is 1. The Bertz CT molecular complexity index is 2290. The summed E-state index contributed by atoms with van der Waals surface area (Å²) in [5, 5.41) is 30.3. The lowest BCUT2D eigenvalue weighted by Crippen LogP contribution is -2.59. The van der Waals surface area contributed by atoms with Crippen LogP contribution in [0, 0.1) is 29.6 Å². The third kappa shape index (κ3) is 5.65. The van der Waals surface area contributed by atoms with Gasteiger partial charge in [0.1, 0.15) is 0 Å². The monoisotopic (exact) mass is 735 g/mol. The number of methoxy groups -OCH3 is 2. The van der Waals surface area contributed by atoms with Crippen LogP contribution in [0.25, 0.3) is 11.6 Å². The number of carbonyl (C=O) groups excluding carboxylic acids is 4. The molecule has 4 aromatic rings. The van der Waals surface area contributed by atoms with Crippen molar-refractivity contribution in [2.24, 2.45) is 29.6 Å². The van der Waals surface area contributed by atoms with E-state index in [1.54, 1.807) is 42.5 Å². The number of fused-ring (bicyclic) bond motifs is 4. The van der Waals surface area contributed by atoms with Gasteiger partial charge in [-0.3, -0.25) is 24.1 Å². The van der Waals surface area contributed by atoms with Gasteiger partial charge in [-0.05, 0) is 71.3 Å². The van der Waals surface area contributed by atoms with E-state index in [1.807, 2.05) is 60.7 Å². The van der Waals surface area contributed by atoms with Gasteiger partial charge in [0.25, 0.3) is 0 Å². The minimum atomic E-state index is -1.80. The summed E-state index contributed by atoms with van der Waals surface area (Å²) in [5.41, 5.74) is 1.93. The predicted molar refractivity (Wildman–Crippen MR) is 206 cm³/mol. The number of benzene rings is 4. The number of ether oxygens (including phenoxy) is 2. The highest BCUT2D eigenvalue weighted by molar-refractivity contribution is 6.58. The highest BCUT2D eigenvalue weighted by Gasteiger charge is 2.65. The molecule has 1 saturated heterocycles. The maximum Gasteiger partial charge on any atom is 0.488 e. The summed E-state index contributed by atoms with van der Waals surface area (Å²) in [6.45, 7) is 0. The molecular formula is C44H38BNO9. The van der Waals surface area contributed by atoms with Gasteiger partial charge in [-0.1, -0.05) is 96.6 Å². The van der Waals surface area contributed by atoms with E-state index >= 15 is 9.59 Å². The number of amides is 2. The number of allylic oxidation sites excluding steroid dienone is 5. The number of ketones is 2. The molecule has 3 N–H and O–H groups in total. The Hall–Kier alpha value is -6.04. The minimum Gasteiger partial charge on any atom is -0.502 e. The van der Waals surface area contributed by atoms with Crippen molar-refractivity contribution in [3.8, 4) is 17.2 Å². The van der Waals surface area contributed by atoms with E-state index in [9.17, 15) is 24.7 Å². The highest BCUT2D eigenvalue weighted by Crippen LogP contribution is 2.61. The van der Waals surface area contributed by atoms with E-state index in [2.05, 4.69) is 0 Å². The molecule has 3 aliphatic carbocycles. The van der Waals surface area contributed by atoms with Crippen molar-refractivity contribution >= 4 is 53.3 Å². The average Bonchev–Trinajstić information content (AvgIpc) is 3.47. The SMILES string of the molecule is COc1cc(C=C[C@H]2C3=CC[C@@H]4C(=O)N(c5cccc(B(O)O)c5)C(=O)[C@@H]4[C@@H]3C[C@H]3C(=O)C(c4ccccc4)=CC(=O)[C@@]23c2ccccc2)cc(OC)c1O. The number of phenols is 1. The van der Waals surface area contributed by atoms with Crippen molar-refractivity contribution in [2.45, 2.75) is 18.3 Å². The quantitative estimate of drug-likeness (QED) is 0.133. The van der Waals surface area contributed by atoms with Crippen molar-refractivity contribution in [3.63, 3.8) is 0 Å². The van der Waals surface area contributed by atoms with E-state index in [-0.39, 0.29) is 52.8 Å². The molecule has 8 rings (SSSR count). The van der Waals surface area contributed by atoms with Gasteiger partial charge in [0.15, 0.2) is 23.1 Å². The normalized spacial score (nSPS) is 25.9. The summed E-state index contributed by atoms with van der Waals surface area (Å²) in [4.78, 5) is 60.1. The highest BCUT2D eigenvalue weighted by atomic mass is 16.5. The number of anilines is 1. The zero-order valence-electron chi connectivity index (χ0n) is 30.2. The van der Waals surface area contributed by atoms with Crippen LogP contribution in [0.5, 0.6) is 17.2 Å². The summed E-state index contributed by atoms with van der Waals surface area (Å²) >= 11 is 0. The summed E-state index contributed by atoms with van der Waals surface area (Å²) in [6, 6.07) is 27.7. The van der Waals surface area contributed by atoms with Crippen LogP contribution in [0.15, 0.2) is 121 Å². The summed E-state index contributed by atoms with van der Waals surface area (Å²) in [7, 11) is 1.07. The summed E-state index contributed by atoms with van der Waals surface area (Å²) in [6.07, 6.45) is 7.51. The topological polar surface area (TPSA) is 151 Å². The standard InChI is InChI=1S/C44H38BNO9/c1-54-36-20-25(21-37(55-2)41(36)49)16-19-34-30-17-18-31-39(43(51)46(42(31)50)29-15-9-14-28(22-29)45(52)53)33(30)23-35-40(48)32(26-10-5-3-6-11-26)24-38(47)44(34,35)27-12-7-4-8-13-27/h3-17,19-22,24,31,33-35,39,49,52-53H,18,23H2,1-2H3/t31-,33+,34-,35-,39-,44-/m0/s1. The molecule has 2 amide bonds. The van der Waals surface area contributed by atoms with Crippen LogP contribution >= 0.6 is 0 Å². The summed E-state index contributed by atoms with van der Waals surface area (Å²) in [5.74, 6) is -4.88. The molecule has 1 saturated carbocycles. The van der Waals surface area contributed by atoms with Gasteiger partial charge >= 0.3 is 7.12 Å². The second kappa shape index (κ2) is 14.0. The van der Waals surface area contributed by atoms with Crippen LogP contribution in [0.4, 0.5) is 5.69 Å². The van der Waals surface area contributed by atoms with Crippen molar-refractivity contribution in [1.82, 2.24) is 0 Å². The maximum atomic E-state index is 15.2. The Kier molecular flexibility index (Phi) is 9.15. The first kappa shape index (κ1) is 36.0. The Morgan fingerprint density at radius 1 is 0.818 bits per heavy atom. The molecular weight excluding hydrogens is 697 g/mol. The van der Waals surface area contributed by atoms with E-state index in [1.165, 1.54) is 32.4 Å². The van der Waals surface area contributed by atoms with Crippen LogP contribution < -0.4 is 19.8 Å². The molecule has 1 heterocycles. The molecule has 10 nitrogen and oxygen atoms in total. The first-order valence-electron chi connectivity index (χ1n) is 18.2. The van der Waals surface area contributed by atoms with Crippen molar-refractivity contribution in [3.05, 3.63) is 138 Å². The van der Waals surface area contributed by atoms with Crippen molar-refractivity contribution in [1.29, 1.82) is 0 Å². The fourth-order valence-corrected chi connectivity index (χ4v) is 9.42. The number of hydrogen-bond acceptors (Lipinski definition) is 9. The lowest BCUT2D eigenvalue weighted by Gasteiger charge is -2.54. The zero-order valence-corrected chi connectivity index (χ0v) is 30.2. The molecule has 0 bridgehead atoms. The molecule has 4 aromatic carbocycles. The van der Waals surface area contributed by atoms with Crippen LogP contribution in [-0.4, -0.2) is 59.9 Å².